The van der Waals surface area contributed by atoms with Gasteiger partial charge in [-0.3, -0.25) is 10.2 Å². The lowest BCUT2D eigenvalue weighted by Gasteiger charge is -2.38. The lowest BCUT2D eigenvalue weighted by Crippen LogP contribution is -2.51. The van der Waals surface area contributed by atoms with Gasteiger partial charge < -0.3 is 0 Å². The average Bonchev–Trinajstić information content (AvgIpc) is 2.87. The van der Waals surface area contributed by atoms with Gasteiger partial charge >= 0.3 is 6.18 Å². The molecule has 6 heteroatoms. The highest BCUT2D eigenvalue weighted by atomic mass is 19.4. The molecule has 152 valence electrons. The number of hydrogen-bond donors (Lipinski definition) is 1. The number of amides is 1. The highest BCUT2D eigenvalue weighted by molar-refractivity contribution is 5.89. The van der Waals surface area contributed by atoms with E-state index < -0.39 is 17.8 Å². The van der Waals surface area contributed by atoms with Gasteiger partial charge in [-0.25, -0.2) is 0 Å². The fourth-order valence-corrected chi connectivity index (χ4v) is 4.09. The van der Waals surface area contributed by atoms with Crippen LogP contribution in [-0.4, -0.2) is 22.6 Å². The number of hydrazine groups is 1. The SMILES string of the molecule is CCCCCc1ccc([C@H](N2NC(=O)CC2(C)C)C(F)(F)F)c2ccccc12. The number of nitrogens with zero attached hydrogens (tertiary/aromatic N) is 1. The van der Waals surface area contributed by atoms with Crippen molar-refractivity contribution in [3.05, 3.63) is 47.5 Å². The van der Waals surface area contributed by atoms with Crippen molar-refractivity contribution in [2.24, 2.45) is 0 Å². The summed E-state index contributed by atoms with van der Waals surface area (Å²) >= 11 is 0. The molecule has 0 aromatic heterocycles. The number of halogens is 3. The summed E-state index contributed by atoms with van der Waals surface area (Å²) in [7, 11) is 0. The number of unbranched alkanes of at least 4 members (excludes halogenated alkanes) is 2. The largest absolute Gasteiger partial charge is 0.409 e. The van der Waals surface area contributed by atoms with Gasteiger partial charge in [0.1, 0.15) is 0 Å². The lowest BCUT2D eigenvalue weighted by molar-refractivity contribution is -0.203. The van der Waals surface area contributed by atoms with Crippen molar-refractivity contribution in [1.82, 2.24) is 10.4 Å². The number of fused-ring (bicyclic) bond motifs is 1. The molecule has 2 aromatic rings. The Balaban J connectivity index is 2.11. The Bertz CT molecular complexity index is 860. The van der Waals surface area contributed by atoms with E-state index in [0.717, 1.165) is 41.6 Å². The Labute approximate surface area is 163 Å². The van der Waals surface area contributed by atoms with Crippen LogP contribution in [0.3, 0.4) is 0 Å². The first-order chi connectivity index (χ1) is 13.1. The van der Waals surface area contributed by atoms with E-state index in [4.69, 9.17) is 0 Å². The molecular formula is C22H27F3N2O. The van der Waals surface area contributed by atoms with Crippen molar-refractivity contribution in [3.63, 3.8) is 0 Å². The van der Waals surface area contributed by atoms with Crippen LogP contribution < -0.4 is 5.43 Å². The van der Waals surface area contributed by atoms with Crippen molar-refractivity contribution in [1.29, 1.82) is 0 Å². The van der Waals surface area contributed by atoms with Gasteiger partial charge in [-0.05, 0) is 48.6 Å². The minimum Gasteiger partial charge on any atom is -0.287 e. The smallest absolute Gasteiger partial charge is 0.287 e. The van der Waals surface area contributed by atoms with Crippen molar-refractivity contribution < 1.29 is 18.0 Å². The molecule has 1 heterocycles. The number of alkyl halides is 3. The normalized spacial score (nSPS) is 18.4. The molecule has 0 unspecified atom stereocenters. The van der Waals surface area contributed by atoms with Crippen LogP contribution in [-0.2, 0) is 11.2 Å². The molecule has 1 N–H and O–H groups in total. The van der Waals surface area contributed by atoms with Crippen LogP contribution in [0.1, 0.15) is 63.6 Å². The van der Waals surface area contributed by atoms with E-state index in [0.29, 0.717) is 5.39 Å². The summed E-state index contributed by atoms with van der Waals surface area (Å²) in [5.74, 6) is -0.389. The molecule has 28 heavy (non-hydrogen) atoms. The molecule has 1 atom stereocenters. The number of carbonyl (C=O) groups is 1. The summed E-state index contributed by atoms with van der Waals surface area (Å²) in [4.78, 5) is 11.9. The number of nitrogens with one attached hydrogen (secondary N) is 1. The number of hydrogen-bond acceptors (Lipinski definition) is 2. The lowest BCUT2D eigenvalue weighted by atomic mass is 9.90. The Morgan fingerprint density at radius 2 is 1.79 bits per heavy atom. The van der Waals surface area contributed by atoms with E-state index in [1.807, 2.05) is 18.2 Å². The molecule has 1 amide bonds. The van der Waals surface area contributed by atoms with E-state index in [1.165, 1.54) is 0 Å². The summed E-state index contributed by atoms with van der Waals surface area (Å²) in [6.07, 6.45) is -0.450. The summed E-state index contributed by atoms with van der Waals surface area (Å²) in [6.45, 7) is 5.44. The minimum absolute atomic E-state index is 0.0343. The predicted octanol–water partition coefficient (Wildman–Crippen LogP) is 5.69. The molecule has 0 aliphatic carbocycles. The molecule has 0 saturated carbocycles. The monoisotopic (exact) mass is 392 g/mol. The maximum atomic E-state index is 14.2. The van der Waals surface area contributed by atoms with Crippen LogP contribution >= 0.6 is 0 Å². The van der Waals surface area contributed by atoms with Crippen molar-refractivity contribution in [2.45, 2.75) is 70.6 Å². The van der Waals surface area contributed by atoms with Gasteiger partial charge in [0.15, 0.2) is 6.04 Å². The molecule has 3 rings (SSSR count). The van der Waals surface area contributed by atoms with Gasteiger partial charge in [0.05, 0.1) is 0 Å². The second-order valence-electron chi connectivity index (χ2n) is 8.15. The summed E-state index contributed by atoms with van der Waals surface area (Å²) < 4.78 is 42.6. The fraction of sp³-hybridized carbons (Fsp3) is 0.500. The molecule has 3 nitrogen and oxygen atoms in total. The van der Waals surface area contributed by atoms with Crippen LogP contribution in [0.15, 0.2) is 36.4 Å². The van der Waals surface area contributed by atoms with Gasteiger partial charge in [0, 0.05) is 12.0 Å². The Hall–Kier alpha value is -2.08. The van der Waals surface area contributed by atoms with Crippen LogP contribution in [0.2, 0.25) is 0 Å². The first-order valence-corrected chi connectivity index (χ1v) is 9.81. The zero-order valence-electron chi connectivity index (χ0n) is 16.6. The molecule has 0 bridgehead atoms. The molecule has 1 aliphatic rings. The number of carbonyl (C=O) groups excluding carboxylic acids is 1. The first kappa shape index (κ1) is 20.6. The highest BCUT2D eigenvalue weighted by Crippen LogP contribution is 2.45. The minimum atomic E-state index is -4.53. The number of benzene rings is 2. The van der Waals surface area contributed by atoms with E-state index in [2.05, 4.69) is 12.3 Å². The summed E-state index contributed by atoms with van der Waals surface area (Å²) in [5.41, 5.74) is 2.76. The van der Waals surface area contributed by atoms with Crippen molar-refractivity contribution in [3.8, 4) is 0 Å². The Morgan fingerprint density at radius 1 is 1.11 bits per heavy atom. The van der Waals surface area contributed by atoms with Gasteiger partial charge in [-0.15, -0.1) is 0 Å². The van der Waals surface area contributed by atoms with Crippen LogP contribution in [0, 0.1) is 0 Å². The molecule has 1 fully saturated rings. The third kappa shape index (κ3) is 4.02. The zero-order chi connectivity index (χ0) is 20.5. The Kier molecular flexibility index (Phi) is 5.71. The third-order valence-electron chi connectivity index (χ3n) is 5.45. The summed E-state index contributed by atoms with van der Waals surface area (Å²) in [6, 6.07) is 8.77. The molecule has 1 aliphatic heterocycles. The maximum absolute atomic E-state index is 14.2. The van der Waals surface area contributed by atoms with Crippen molar-refractivity contribution >= 4 is 16.7 Å². The first-order valence-electron chi connectivity index (χ1n) is 9.81. The van der Waals surface area contributed by atoms with Crippen LogP contribution in [0.25, 0.3) is 10.8 Å². The molecular weight excluding hydrogens is 365 g/mol. The second-order valence-corrected chi connectivity index (χ2v) is 8.15. The van der Waals surface area contributed by atoms with Crippen LogP contribution in [0.4, 0.5) is 13.2 Å². The molecule has 0 spiro atoms. The quantitative estimate of drug-likeness (QED) is 0.641. The maximum Gasteiger partial charge on any atom is 0.409 e. The fourth-order valence-electron chi connectivity index (χ4n) is 4.09. The van der Waals surface area contributed by atoms with Gasteiger partial charge in [-0.1, -0.05) is 56.2 Å². The van der Waals surface area contributed by atoms with Crippen LogP contribution in [0.5, 0.6) is 0 Å². The van der Waals surface area contributed by atoms with E-state index in [1.54, 1.807) is 32.0 Å². The van der Waals surface area contributed by atoms with E-state index in [-0.39, 0.29) is 17.9 Å². The number of aryl methyl sites for hydroxylation is 1. The third-order valence-corrected chi connectivity index (χ3v) is 5.45. The average molecular weight is 392 g/mol. The van der Waals surface area contributed by atoms with Gasteiger partial charge in [0.2, 0.25) is 5.91 Å². The zero-order valence-corrected chi connectivity index (χ0v) is 16.6. The molecule has 2 aromatic carbocycles. The van der Waals surface area contributed by atoms with Crippen molar-refractivity contribution in [2.75, 3.05) is 0 Å². The van der Waals surface area contributed by atoms with E-state index >= 15 is 0 Å². The molecule has 0 radical (unpaired) electrons. The molecule has 1 saturated heterocycles. The van der Waals surface area contributed by atoms with Gasteiger partial charge in [0.25, 0.3) is 0 Å². The van der Waals surface area contributed by atoms with E-state index in [9.17, 15) is 18.0 Å². The predicted molar refractivity (Wildman–Crippen MR) is 105 cm³/mol. The standard InChI is InChI=1S/C22H27F3N2O/c1-4-5-6-9-15-12-13-18(17-11-8-7-10-16(15)17)20(22(23,24)25)27-21(2,3)14-19(28)26-27/h7-8,10-13,20H,4-6,9,14H2,1-3H3,(H,26,28)/t20-/m0/s1. The summed E-state index contributed by atoms with van der Waals surface area (Å²) in [5, 5.41) is 2.53. The second kappa shape index (κ2) is 7.74. The highest BCUT2D eigenvalue weighted by Gasteiger charge is 2.53. The Morgan fingerprint density at radius 3 is 2.36 bits per heavy atom. The topological polar surface area (TPSA) is 32.3 Å². The van der Waals surface area contributed by atoms with Gasteiger partial charge in [-0.2, -0.15) is 18.2 Å². The number of rotatable bonds is 6.